The van der Waals surface area contributed by atoms with E-state index in [2.05, 4.69) is 38.0 Å². The van der Waals surface area contributed by atoms with Crippen LogP contribution in [0.1, 0.15) is 25.7 Å². The lowest BCUT2D eigenvalue weighted by atomic mass is 9.96. The molecule has 2 aromatic rings. The SMILES string of the molecule is O=C(CN1CCC(Cn2cnc3ccccc32)CC1)NCC1CCCO1. The van der Waals surface area contributed by atoms with E-state index in [0.717, 1.165) is 57.4 Å². The first-order chi connectivity index (χ1) is 12.8. The fourth-order valence-electron chi connectivity index (χ4n) is 4.05. The first-order valence-corrected chi connectivity index (χ1v) is 9.78. The molecule has 140 valence electrons. The van der Waals surface area contributed by atoms with Gasteiger partial charge in [-0.25, -0.2) is 4.98 Å². The fraction of sp³-hybridized carbons (Fsp3) is 0.600. The van der Waals surface area contributed by atoms with Crippen molar-refractivity contribution in [1.29, 1.82) is 0 Å². The number of likely N-dealkylation sites (tertiary alicyclic amines) is 1. The monoisotopic (exact) mass is 356 g/mol. The zero-order valence-corrected chi connectivity index (χ0v) is 15.3. The van der Waals surface area contributed by atoms with Gasteiger partial charge in [0.25, 0.3) is 0 Å². The van der Waals surface area contributed by atoms with Gasteiger partial charge in [0, 0.05) is 19.7 Å². The molecule has 1 aromatic carbocycles. The quantitative estimate of drug-likeness (QED) is 0.861. The summed E-state index contributed by atoms with van der Waals surface area (Å²) in [7, 11) is 0. The largest absolute Gasteiger partial charge is 0.376 e. The van der Waals surface area contributed by atoms with E-state index in [1.165, 1.54) is 5.52 Å². The molecule has 1 aromatic heterocycles. The first-order valence-electron chi connectivity index (χ1n) is 9.78. The molecular weight excluding hydrogens is 328 g/mol. The number of hydrogen-bond donors (Lipinski definition) is 1. The number of aromatic nitrogens is 2. The molecule has 2 saturated heterocycles. The summed E-state index contributed by atoms with van der Waals surface area (Å²) in [6, 6.07) is 8.29. The Labute approximate surface area is 154 Å². The number of amides is 1. The van der Waals surface area contributed by atoms with E-state index < -0.39 is 0 Å². The molecule has 4 rings (SSSR count). The van der Waals surface area contributed by atoms with Crippen molar-refractivity contribution in [2.75, 3.05) is 32.8 Å². The van der Waals surface area contributed by atoms with E-state index in [4.69, 9.17) is 4.74 Å². The van der Waals surface area contributed by atoms with Crippen molar-refractivity contribution in [3.8, 4) is 0 Å². The van der Waals surface area contributed by atoms with Crippen LogP contribution in [0.15, 0.2) is 30.6 Å². The van der Waals surface area contributed by atoms with Crippen LogP contribution in [0.25, 0.3) is 11.0 Å². The number of carbonyl (C=O) groups excluding carboxylic acids is 1. The van der Waals surface area contributed by atoms with Crippen LogP contribution < -0.4 is 5.32 Å². The maximum atomic E-state index is 12.1. The summed E-state index contributed by atoms with van der Waals surface area (Å²) in [6.07, 6.45) is 6.61. The van der Waals surface area contributed by atoms with Crippen molar-refractivity contribution in [2.24, 2.45) is 5.92 Å². The molecule has 1 atom stereocenters. The summed E-state index contributed by atoms with van der Waals surface area (Å²) in [4.78, 5) is 18.9. The summed E-state index contributed by atoms with van der Waals surface area (Å²) in [5, 5.41) is 3.02. The number of nitrogens with zero attached hydrogens (tertiary/aromatic N) is 3. The van der Waals surface area contributed by atoms with Crippen molar-refractivity contribution in [1.82, 2.24) is 19.8 Å². The number of hydrogen-bond acceptors (Lipinski definition) is 4. The smallest absolute Gasteiger partial charge is 0.234 e. The number of para-hydroxylation sites is 2. The zero-order valence-electron chi connectivity index (χ0n) is 15.3. The number of benzene rings is 1. The predicted octanol–water partition coefficient (Wildman–Crippen LogP) is 2.04. The van der Waals surface area contributed by atoms with E-state index >= 15 is 0 Å². The molecular formula is C20H28N4O2. The van der Waals surface area contributed by atoms with Crippen molar-refractivity contribution in [3.63, 3.8) is 0 Å². The minimum absolute atomic E-state index is 0.125. The van der Waals surface area contributed by atoms with Crippen molar-refractivity contribution in [2.45, 2.75) is 38.3 Å². The van der Waals surface area contributed by atoms with E-state index in [1.807, 2.05) is 12.4 Å². The maximum Gasteiger partial charge on any atom is 0.234 e. The van der Waals surface area contributed by atoms with Crippen LogP contribution in [-0.4, -0.2) is 59.2 Å². The highest BCUT2D eigenvalue weighted by atomic mass is 16.5. The zero-order chi connectivity index (χ0) is 17.8. The number of imidazole rings is 1. The Morgan fingerprint density at radius 3 is 2.88 bits per heavy atom. The molecule has 26 heavy (non-hydrogen) atoms. The lowest BCUT2D eigenvalue weighted by molar-refractivity contribution is -0.123. The highest BCUT2D eigenvalue weighted by Gasteiger charge is 2.22. The Morgan fingerprint density at radius 1 is 1.23 bits per heavy atom. The number of carbonyl (C=O) groups is 1. The molecule has 0 bridgehead atoms. The molecule has 0 radical (unpaired) electrons. The van der Waals surface area contributed by atoms with E-state index in [1.54, 1.807) is 0 Å². The van der Waals surface area contributed by atoms with Gasteiger partial charge in [-0.2, -0.15) is 0 Å². The standard InChI is InChI=1S/C20H28N4O2/c25-20(21-12-17-4-3-11-26-17)14-23-9-7-16(8-10-23)13-24-15-22-18-5-1-2-6-19(18)24/h1-2,5-6,15-17H,3-4,7-14H2,(H,21,25). The average molecular weight is 356 g/mol. The summed E-state index contributed by atoms with van der Waals surface area (Å²) in [6.45, 7) is 4.99. The molecule has 0 aliphatic carbocycles. The molecule has 0 saturated carbocycles. The Morgan fingerprint density at radius 2 is 2.08 bits per heavy atom. The van der Waals surface area contributed by atoms with Crippen molar-refractivity contribution >= 4 is 16.9 Å². The van der Waals surface area contributed by atoms with Crippen LogP contribution in [0.2, 0.25) is 0 Å². The van der Waals surface area contributed by atoms with Gasteiger partial charge in [-0.05, 0) is 56.8 Å². The second kappa shape index (κ2) is 8.18. The summed E-state index contributed by atoms with van der Waals surface area (Å²) in [5.74, 6) is 0.776. The molecule has 2 aliphatic rings. The molecule has 2 fully saturated rings. The molecule has 6 heteroatoms. The number of fused-ring (bicyclic) bond motifs is 1. The lowest BCUT2D eigenvalue weighted by Gasteiger charge is -2.31. The van der Waals surface area contributed by atoms with Gasteiger partial charge < -0.3 is 14.6 Å². The van der Waals surface area contributed by atoms with Crippen LogP contribution in [0.4, 0.5) is 0 Å². The topological polar surface area (TPSA) is 59.4 Å². The molecule has 0 spiro atoms. The van der Waals surface area contributed by atoms with Gasteiger partial charge in [0.05, 0.1) is 30.0 Å². The van der Waals surface area contributed by atoms with Crippen molar-refractivity contribution in [3.05, 3.63) is 30.6 Å². The number of piperidine rings is 1. The summed E-state index contributed by atoms with van der Waals surface area (Å²) >= 11 is 0. The Kier molecular flexibility index (Phi) is 5.51. The van der Waals surface area contributed by atoms with Gasteiger partial charge in [0.2, 0.25) is 5.91 Å². The maximum absolute atomic E-state index is 12.1. The van der Waals surface area contributed by atoms with Gasteiger partial charge in [-0.3, -0.25) is 9.69 Å². The van der Waals surface area contributed by atoms with Crippen LogP contribution in [0.3, 0.4) is 0 Å². The van der Waals surface area contributed by atoms with E-state index in [-0.39, 0.29) is 12.0 Å². The van der Waals surface area contributed by atoms with Gasteiger partial charge in [-0.15, -0.1) is 0 Å². The third kappa shape index (κ3) is 4.24. The second-order valence-electron chi connectivity index (χ2n) is 7.54. The van der Waals surface area contributed by atoms with E-state index in [0.29, 0.717) is 19.0 Å². The van der Waals surface area contributed by atoms with Crippen LogP contribution in [0, 0.1) is 5.92 Å². The highest BCUT2D eigenvalue weighted by molar-refractivity contribution is 5.78. The van der Waals surface area contributed by atoms with Gasteiger partial charge in [0.15, 0.2) is 0 Å². The predicted molar refractivity (Wildman–Crippen MR) is 101 cm³/mol. The normalized spacial score (nSPS) is 22.1. The van der Waals surface area contributed by atoms with Gasteiger partial charge in [-0.1, -0.05) is 12.1 Å². The summed E-state index contributed by atoms with van der Waals surface area (Å²) < 4.78 is 7.82. The molecule has 1 unspecified atom stereocenters. The molecule has 1 N–H and O–H groups in total. The lowest BCUT2D eigenvalue weighted by Crippen LogP contribution is -2.43. The Balaban J connectivity index is 1.20. The third-order valence-electron chi connectivity index (χ3n) is 5.61. The Hall–Kier alpha value is -1.92. The van der Waals surface area contributed by atoms with Crippen molar-refractivity contribution < 1.29 is 9.53 Å². The second-order valence-corrected chi connectivity index (χ2v) is 7.54. The highest BCUT2D eigenvalue weighted by Crippen LogP contribution is 2.21. The van der Waals surface area contributed by atoms with Crippen LogP contribution in [-0.2, 0) is 16.1 Å². The summed E-state index contributed by atoms with van der Waals surface area (Å²) in [5.41, 5.74) is 2.27. The number of ether oxygens (including phenoxy) is 1. The first kappa shape index (κ1) is 17.5. The van der Waals surface area contributed by atoms with Gasteiger partial charge >= 0.3 is 0 Å². The Bertz CT molecular complexity index is 730. The minimum Gasteiger partial charge on any atom is -0.376 e. The third-order valence-corrected chi connectivity index (χ3v) is 5.61. The molecule has 1 amide bonds. The van der Waals surface area contributed by atoms with Gasteiger partial charge in [0.1, 0.15) is 0 Å². The molecule has 6 nitrogen and oxygen atoms in total. The average Bonchev–Trinajstić information content (AvgIpc) is 3.32. The minimum atomic E-state index is 0.125. The molecule has 3 heterocycles. The van der Waals surface area contributed by atoms with E-state index in [9.17, 15) is 4.79 Å². The number of nitrogens with one attached hydrogen (secondary N) is 1. The van der Waals surface area contributed by atoms with Crippen LogP contribution in [0.5, 0.6) is 0 Å². The molecule has 2 aliphatic heterocycles. The van der Waals surface area contributed by atoms with Crippen LogP contribution >= 0.6 is 0 Å². The fourth-order valence-corrected chi connectivity index (χ4v) is 4.05. The number of rotatable bonds is 6.